The highest BCUT2D eigenvalue weighted by molar-refractivity contribution is 7.03. The molecular formula is C11H14N4S. The van der Waals surface area contributed by atoms with Crippen LogP contribution in [-0.2, 0) is 19.5 Å². The van der Waals surface area contributed by atoms with Crippen LogP contribution in [-0.4, -0.2) is 14.6 Å². The molecule has 0 radical (unpaired) electrons. The van der Waals surface area contributed by atoms with Crippen LogP contribution in [0.3, 0.4) is 0 Å². The maximum atomic E-state index is 4.37. The molecule has 4 nitrogen and oxygen atoms in total. The lowest BCUT2D eigenvalue weighted by Gasteiger charge is -2.06. The second-order valence-electron chi connectivity index (χ2n) is 3.46. The number of rotatable bonds is 5. The fourth-order valence-corrected chi connectivity index (χ4v) is 1.97. The first kappa shape index (κ1) is 11.2. The molecule has 0 aliphatic carbocycles. The Bertz CT molecular complexity index is 427. The quantitative estimate of drug-likeness (QED) is 0.857. The van der Waals surface area contributed by atoms with Crippen molar-refractivity contribution in [3.63, 3.8) is 0 Å². The smallest absolute Gasteiger partial charge is 0.0893 e. The van der Waals surface area contributed by atoms with Crippen LogP contribution in [0.2, 0.25) is 0 Å². The lowest BCUT2D eigenvalue weighted by molar-refractivity contribution is 0.660. The number of hydrogen-bond donors (Lipinski definition) is 1. The molecule has 0 atom stereocenters. The highest BCUT2D eigenvalue weighted by Gasteiger charge is 2.01. The average molecular weight is 234 g/mol. The number of nitrogens with zero attached hydrogens (tertiary/aromatic N) is 3. The Hall–Kier alpha value is -1.33. The molecule has 1 N–H and O–H groups in total. The largest absolute Gasteiger partial charge is 0.305 e. The van der Waals surface area contributed by atoms with E-state index in [0.29, 0.717) is 0 Å². The van der Waals surface area contributed by atoms with Gasteiger partial charge in [-0.25, -0.2) is 0 Å². The Kier molecular flexibility index (Phi) is 3.96. The van der Waals surface area contributed by atoms with Gasteiger partial charge in [0.2, 0.25) is 0 Å². The summed E-state index contributed by atoms with van der Waals surface area (Å²) in [6.45, 7) is 3.67. The Morgan fingerprint density at radius 3 is 3.06 bits per heavy atom. The average Bonchev–Trinajstić information content (AvgIpc) is 2.83. The summed E-state index contributed by atoms with van der Waals surface area (Å²) in [6.07, 6.45) is 2.85. The third kappa shape index (κ3) is 2.84. The topological polar surface area (TPSA) is 50.7 Å². The second-order valence-corrected chi connectivity index (χ2v) is 4.07. The van der Waals surface area contributed by atoms with Crippen molar-refractivity contribution < 1.29 is 0 Å². The van der Waals surface area contributed by atoms with Crippen LogP contribution in [0.15, 0.2) is 23.7 Å². The first-order chi connectivity index (χ1) is 7.90. The molecule has 0 unspecified atom stereocenters. The van der Waals surface area contributed by atoms with Crippen molar-refractivity contribution in [2.75, 3.05) is 0 Å². The summed E-state index contributed by atoms with van der Waals surface area (Å²) in [4.78, 5) is 4.37. The normalized spacial score (nSPS) is 10.6. The molecule has 2 heterocycles. The number of pyridine rings is 1. The molecule has 0 saturated heterocycles. The fraction of sp³-hybridized carbons (Fsp3) is 0.364. The highest BCUT2D eigenvalue weighted by atomic mass is 32.1. The van der Waals surface area contributed by atoms with Gasteiger partial charge in [0, 0.05) is 24.7 Å². The minimum Gasteiger partial charge on any atom is -0.305 e. The van der Waals surface area contributed by atoms with E-state index in [1.807, 2.05) is 17.6 Å². The molecule has 2 rings (SSSR count). The summed E-state index contributed by atoms with van der Waals surface area (Å²) in [5.74, 6) is 0. The summed E-state index contributed by atoms with van der Waals surface area (Å²) < 4.78 is 3.82. The third-order valence-electron chi connectivity index (χ3n) is 2.37. The SMILES string of the molecule is CCc1cccnc1CNCc1csnn1. The van der Waals surface area contributed by atoms with Gasteiger partial charge in [-0.2, -0.15) is 0 Å². The fourth-order valence-electron chi connectivity index (χ4n) is 1.52. The van der Waals surface area contributed by atoms with Crippen LogP contribution < -0.4 is 5.32 Å². The van der Waals surface area contributed by atoms with E-state index in [1.165, 1.54) is 17.1 Å². The van der Waals surface area contributed by atoms with Crippen LogP contribution in [0.4, 0.5) is 0 Å². The van der Waals surface area contributed by atoms with Crippen molar-refractivity contribution in [1.29, 1.82) is 0 Å². The molecule has 0 fully saturated rings. The van der Waals surface area contributed by atoms with Crippen LogP contribution in [0.5, 0.6) is 0 Å². The van der Waals surface area contributed by atoms with E-state index < -0.39 is 0 Å². The molecule has 5 heteroatoms. The first-order valence-electron chi connectivity index (χ1n) is 5.29. The standard InChI is InChI=1S/C11H14N4S/c1-2-9-4-3-5-13-11(9)7-12-6-10-8-16-15-14-10/h3-5,8,12H,2,6-7H2,1H3. The van der Waals surface area contributed by atoms with Crippen molar-refractivity contribution in [3.05, 3.63) is 40.7 Å². The van der Waals surface area contributed by atoms with Crippen molar-refractivity contribution in [2.45, 2.75) is 26.4 Å². The zero-order valence-corrected chi connectivity index (χ0v) is 10.00. The van der Waals surface area contributed by atoms with Crippen molar-refractivity contribution in [2.24, 2.45) is 0 Å². The molecule has 0 bridgehead atoms. The van der Waals surface area contributed by atoms with Gasteiger partial charge < -0.3 is 5.32 Å². The monoisotopic (exact) mass is 234 g/mol. The van der Waals surface area contributed by atoms with Gasteiger partial charge in [0.25, 0.3) is 0 Å². The Morgan fingerprint density at radius 2 is 2.31 bits per heavy atom. The van der Waals surface area contributed by atoms with Crippen molar-refractivity contribution in [3.8, 4) is 0 Å². The van der Waals surface area contributed by atoms with Crippen LogP contribution in [0.25, 0.3) is 0 Å². The van der Waals surface area contributed by atoms with Gasteiger partial charge >= 0.3 is 0 Å². The van der Waals surface area contributed by atoms with Gasteiger partial charge in [0.15, 0.2) is 0 Å². The summed E-state index contributed by atoms with van der Waals surface area (Å²) in [5.41, 5.74) is 3.40. The van der Waals surface area contributed by atoms with E-state index in [-0.39, 0.29) is 0 Å². The zero-order chi connectivity index (χ0) is 11.2. The molecule has 0 aliphatic heterocycles. The van der Waals surface area contributed by atoms with Gasteiger partial charge in [-0.1, -0.05) is 17.5 Å². The van der Waals surface area contributed by atoms with Crippen LogP contribution in [0, 0.1) is 0 Å². The molecule has 0 aliphatic rings. The molecule has 0 spiro atoms. The number of aromatic nitrogens is 3. The maximum absolute atomic E-state index is 4.37. The molecule has 0 amide bonds. The molecule has 2 aromatic rings. The molecular weight excluding hydrogens is 220 g/mol. The minimum atomic E-state index is 0.746. The van der Waals surface area contributed by atoms with E-state index in [0.717, 1.165) is 30.9 Å². The van der Waals surface area contributed by atoms with E-state index in [1.54, 1.807) is 0 Å². The first-order valence-corrected chi connectivity index (χ1v) is 6.13. The van der Waals surface area contributed by atoms with E-state index in [9.17, 15) is 0 Å². The number of aryl methyl sites for hydroxylation is 1. The summed E-state index contributed by atoms with van der Waals surface area (Å²) in [6, 6.07) is 4.10. The molecule has 16 heavy (non-hydrogen) atoms. The van der Waals surface area contributed by atoms with Crippen molar-refractivity contribution in [1.82, 2.24) is 19.9 Å². The summed E-state index contributed by atoms with van der Waals surface area (Å²) >= 11 is 1.38. The lowest BCUT2D eigenvalue weighted by atomic mass is 10.1. The van der Waals surface area contributed by atoms with E-state index >= 15 is 0 Å². The van der Waals surface area contributed by atoms with Gasteiger partial charge in [-0.15, -0.1) is 5.10 Å². The molecule has 84 valence electrons. The van der Waals surface area contributed by atoms with Crippen molar-refractivity contribution >= 4 is 11.5 Å². The van der Waals surface area contributed by atoms with Gasteiger partial charge in [0.05, 0.1) is 11.4 Å². The summed E-state index contributed by atoms with van der Waals surface area (Å²) in [5, 5.41) is 9.25. The molecule has 0 aromatic carbocycles. The molecule has 2 aromatic heterocycles. The van der Waals surface area contributed by atoms with Crippen LogP contribution in [0.1, 0.15) is 23.9 Å². The number of nitrogens with one attached hydrogen (secondary N) is 1. The number of hydrogen-bond acceptors (Lipinski definition) is 5. The highest BCUT2D eigenvalue weighted by Crippen LogP contribution is 2.06. The minimum absolute atomic E-state index is 0.746. The molecule has 0 saturated carbocycles. The van der Waals surface area contributed by atoms with E-state index in [4.69, 9.17) is 0 Å². The lowest BCUT2D eigenvalue weighted by Crippen LogP contribution is -2.15. The van der Waals surface area contributed by atoms with Crippen LogP contribution >= 0.6 is 11.5 Å². The van der Waals surface area contributed by atoms with Gasteiger partial charge in [0.1, 0.15) is 0 Å². The Balaban J connectivity index is 1.89. The van der Waals surface area contributed by atoms with E-state index in [2.05, 4.69) is 32.9 Å². The van der Waals surface area contributed by atoms with Gasteiger partial charge in [-0.05, 0) is 29.6 Å². The Labute approximate surface area is 98.9 Å². The second kappa shape index (κ2) is 5.67. The predicted octanol–water partition coefficient (Wildman–Crippen LogP) is 1.79. The summed E-state index contributed by atoms with van der Waals surface area (Å²) in [7, 11) is 0. The maximum Gasteiger partial charge on any atom is 0.0893 e. The van der Waals surface area contributed by atoms with Gasteiger partial charge in [-0.3, -0.25) is 4.98 Å². The third-order valence-corrected chi connectivity index (χ3v) is 2.92. The Morgan fingerprint density at radius 1 is 1.38 bits per heavy atom. The zero-order valence-electron chi connectivity index (χ0n) is 9.18. The predicted molar refractivity (Wildman–Crippen MR) is 64.1 cm³/mol.